The smallest absolute Gasteiger partial charge is 0.120 e. The molecule has 1 aromatic heterocycles. The van der Waals surface area contributed by atoms with Crippen molar-refractivity contribution in [1.82, 2.24) is 15.1 Å². The highest BCUT2D eigenvalue weighted by Crippen LogP contribution is 2.26. The van der Waals surface area contributed by atoms with Crippen LogP contribution in [0.1, 0.15) is 5.56 Å². The Bertz CT molecular complexity index is 692. The largest absolute Gasteiger partial charge is 0.508 e. The zero-order chi connectivity index (χ0) is 13.8. The van der Waals surface area contributed by atoms with E-state index in [4.69, 9.17) is 0 Å². The number of rotatable bonds is 5. The Morgan fingerprint density at radius 3 is 2.85 bits per heavy atom. The van der Waals surface area contributed by atoms with Crippen LogP contribution in [0.2, 0.25) is 0 Å². The Morgan fingerprint density at radius 1 is 1.10 bits per heavy atom. The predicted octanol–water partition coefficient (Wildman–Crippen LogP) is 2.53. The van der Waals surface area contributed by atoms with Crippen LogP contribution in [0.3, 0.4) is 0 Å². The maximum atomic E-state index is 10.0. The molecule has 102 valence electrons. The van der Waals surface area contributed by atoms with Crippen LogP contribution < -0.4 is 5.32 Å². The molecule has 0 saturated heterocycles. The van der Waals surface area contributed by atoms with Gasteiger partial charge < -0.3 is 10.4 Å². The summed E-state index contributed by atoms with van der Waals surface area (Å²) in [5.41, 5.74) is 0.948. The van der Waals surface area contributed by atoms with Crippen LogP contribution in [0.15, 0.2) is 54.9 Å². The summed E-state index contributed by atoms with van der Waals surface area (Å²) in [5, 5.41) is 19.8. The summed E-state index contributed by atoms with van der Waals surface area (Å²) in [4.78, 5) is 0. The second-order valence-corrected chi connectivity index (χ2v) is 4.73. The lowest BCUT2D eigenvalue weighted by Crippen LogP contribution is -2.19. The van der Waals surface area contributed by atoms with Gasteiger partial charge in [-0.2, -0.15) is 5.10 Å². The summed E-state index contributed by atoms with van der Waals surface area (Å²) in [7, 11) is 0. The Balaban J connectivity index is 1.69. The first-order chi connectivity index (χ1) is 9.84. The van der Waals surface area contributed by atoms with Crippen molar-refractivity contribution < 1.29 is 5.11 Å². The maximum Gasteiger partial charge on any atom is 0.120 e. The van der Waals surface area contributed by atoms with Crippen LogP contribution >= 0.6 is 0 Å². The molecule has 0 aliphatic carbocycles. The number of phenols is 1. The molecule has 1 heterocycles. The number of phenolic OH excluding ortho intramolecular Hbond substituents is 1. The number of aromatic nitrogens is 2. The van der Waals surface area contributed by atoms with E-state index in [-0.39, 0.29) is 0 Å². The van der Waals surface area contributed by atoms with Crippen LogP contribution in [0.25, 0.3) is 10.8 Å². The minimum absolute atomic E-state index is 0.343. The van der Waals surface area contributed by atoms with Crippen molar-refractivity contribution in [2.45, 2.75) is 13.1 Å². The van der Waals surface area contributed by atoms with Gasteiger partial charge in [0.15, 0.2) is 0 Å². The fraction of sp³-hybridized carbons (Fsp3) is 0.188. The number of nitrogens with one attached hydrogen (secondary N) is 1. The lowest BCUT2D eigenvalue weighted by molar-refractivity contribution is 0.464. The fourth-order valence-electron chi connectivity index (χ4n) is 2.35. The van der Waals surface area contributed by atoms with Gasteiger partial charge in [-0.25, -0.2) is 0 Å². The van der Waals surface area contributed by atoms with Gasteiger partial charge in [-0.15, -0.1) is 0 Å². The molecule has 2 N–H and O–H groups in total. The highest BCUT2D eigenvalue weighted by atomic mass is 16.3. The molecule has 0 unspecified atom stereocenters. The Hall–Kier alpha value is -2.33. The molecule has 0 amide bonds. The first kappa shape index (κ1) is 12.7. The van der Waals surface area contributed by atoms with E-state index in [0.717, 1.165) is 29.4 Å². The molecule has 0 fully saturated rings. The van der Waals surface area contributed by atoms with Crippen molar-refractivity contribution in [2.24, 2.45) is 0 Å². The van der Waals surface area contributed by atoms with Crippen molar-refractivity contribution >= 4 is 10.8 Å². The SMILES string of the molecule is Oc1ccc2ccccc2c1CNCCn1cccn1. The molecule has 0 saturated carbocycles. The average molecular weight is 267 g/mol. The molecule has 0 aliphatic heterocycles. The molecule has 4 nitrogen and oxygen atoms in total. The molecule has 0 atom stereocenters. The summed E-state index contributed by atoms with van der Waals surface area (Å²) < 4.78 is 1.88. The van der Waals surface area contributed by atoms with Crippen LogP contribution in [0, 0.1) is 0 Å². The van der Waals surface area contributed by atoms with Gasteiger partial charge >= 0.3 is 0 Å². The van der Waals surface area contributed by atoms with Gasteiger partial charge in [0.1, 0.15) is 5.75 Å². The van der Waals surface area contributed by atoms with E-state index in [0.29, 0.717) is 12.3 Å². The third kappa shape index (κ3) is 2.65. The quantitative estimate of drug-likeness (QED) is 0.698. The van der Waals surface area contributed by atoms with Crippen molar-refractivity contribution in [1.29, 1.82) is 0 Å². The van der Waals surface area contributed by atoms with E-state index < -0.39 is 0 Å². The predicted molar refractivity (Wildman–Crippen MR) is 79.5 cm³/mol. The van der Waals surface area contributed by atoms with Gasteiger partial charge in [-0.1, -0.05) is 30.3 Å². The number of nitrogens with zero attached hydrogens (tertiary/aromatic N) is 2. The lowest BCUT2D eigenvalue weighted by atomic mass is 10.0. The van der Waals surface area contributed by atoms with Gasteiger partial charge in [0.2, 0.25) is 0 Å². The first-order valence-corrected chi connectivity index (χ1v) is 6.72. The monoisotopic (exact) mass is 267 g/mol. The van der Waals surface area contributed by atoms with E-state index in [1.54, 1.807) is 12.3 Å². The molecule has 0 radical (unpaired) electrons. The molecule has 4 heteroatoms. The Kier molecular flexibility index (Phi) is 3.65. The van der Waals surface area contributed by atoms with Gasteiger partial charge in [0.25, 0.3) is 0 Å². The molecule has 0 aliphatic rings. The number of fused-ring (bicyclic) bond motifs is 1. The van der Waals surface area contributed by atoms with Crippen molar-refractivity contribution in [3.8, 4) is 5.75 Å². The third-order valence-corrected chi connectivity index (χ3v) is 3.39. The van der Waals surface area contributed by atoms with Crippen molar-refractivity contribution in [2.75, 3.05) is 6.54 Å². The molecule has 0 bridgehead atoms. The standard InChI is InChI=1S/C16H17N3O/c20-16-7-6-13-4-1-2-5-14(13)15(16)12-17-9-11-19-10-3-8-18-19/h1-8,10,17,20H,9,11-12H2. The minimum Gasteiger partial charge on any atom is -0.508 e. The lowest BCUT2D eigenvalue weighted by Gasteiger charge is -2.10. The highest BCUT2D eigenvalue weighted by molar-refractivity contribution is 5.87. The van der Waals surface area contributed by atoms with Gasteiger partial charge in [-0.05, 0) is 22.9 Å². The Labute approximate surface area is 117 Å². The number of hydrogen-bond donors (Lipinski definition) is 2. The highest BCUT2D eigenvalue weighted by Gasteiger charge is 2.05. The normalized spacial score (nSPS) is 11.0. The average Bonchev–Trinajstić information content (AvgIpc) is 2.98. The van der Waals surface area contributed by atoms with E-state index in [1.807, 2.05) is 41.2 Å². The summed E-state index contributed by atoms with van der Waals surface area (Å²) in [6.45, 7) is 2.28. The van der Waals surface area contributed by atoms with Crippen LogP contribution in [0.4, 0.5) is 0 Å². The molecule has 3 rings (SSSR count). The summed E-state index contributed by atoms with van der Waals surface area (Å²) >= 11 is 0. The van der Waals surface area contributed by atoms with E-state index in [1.165, 1.54) is 0 Å². The van der Waals surface area contributed by atoms with Crippen molar-refractivity contribution in [3.05, 3.63) is 60.4 Å². The zero-order valence-corrected chi connectivity index (χ0v) is 11.2. The second-order valence-electron chi connectivity index (χ2n) is 4.73. The number of benzene rings is 2. The maximum absolute atomic E-state index is 10.0. The van der Waals surface area contributed by atoms with Crippen LogP contribution in [0.5, 0.6) is 5.75 Å². The molecule has 20 heavy (non-hydrogen) atoms. The van der Waals surface area contributed by atoms with Crippen LogP contribution in [-0.4, -0.2) is 21.4 Å². The summed E-state index contributed by atoms with van der Waals surface area (Å²) in [6.07, 6.45) is 3.72. The minimum atomic E-state index is 0.343. The molecule has 3 aromatic rings. The molecule has 2 aromatic carbocycles. The fourth-order valence-corrected chi connectivity index (χ4v) is 2.35. The first-order valence-electron chi connectivity index (χ1n) is 6.72. The molecule has 0 spiro atoms. The van der Waals surface area contributed by atoms with E-state index in [9.17, 15) is 5.11 Å². The molecular formula is C16H17N3O. The Morgan fingerprint density at radius 2 is 2.00 bits per heavy atom. The van der Waals surface area contributed by atoms with E-state index >= 15 is 0 Å². The second kappa shape index (κ2) is 5.75. The summed E-state index contributed by atoms with van der Waals surface area (Å²) in [6, 6.07) is 13.7. The van der Waals surface area contributed by atoms with Gasteiger partial charge in [-0.3, -0.25) is 4.68 Å². The van der Waals surface area contributed by atoms with E-state index in [2.05, 4.69) is 16.5 Å². The zero-order valence-electron chi connectivity index (χ0n) is 11.2. The number of hydrogen-bond acceptors (Lipinski definition) is 3. The van der Waals surface area contributed by atoms with Gasteiger partial charge in [0.05, 0.1) is 6.54 Å². The summed E-state index contributed by atoms with van der Waals surface area (Å²) in [5.74, 6) is 0.343. The number of aromatic hydroxyl groups is 1. The van der Waals surface area contributed by atoms with Crippen LogP contribution in [-0.2, 0) is 13.1 Å². The third-order valence-electron chi connectivity index (χ3n) is 3.39. The van der Waals surface area contributed by atoms with Gasteiger partial charge in [0, 0.05) is 31.0 Å². The molecular weight excluding hydrogens is 250 g/mol. The topological polar surface area (TPSA) is 50.1 Å². The van der Waals surface area contributed by atoms with Crippen molar-refractivity contribution in [3.63, 3.8) is 0 Å².